The molecular weight excluding hydrogens is 424 g/mol. The van der Waals surface area contributed by atoms with Gasteiger partial charge in [0.05, 0.1) is 25.6 Å². The Morgan fingerprint density at radius 1 is 0.909 bits per heavy atom. The molecule has 1 saturated heterocycles. The predicted molar refractivity (Wildman–Crippen MR) is 123 cm³/mol. The first-order valence-electron chi connectivity index (χ1n) is 11.9. The molecule has 1 aliphatic heterocycles. The van der Waals surface area contributed by atoms with Gasteiger partial charge in [-0.1, -0.05) is 30.3 Å². The molecule has 0 spiro atoms. The number of amides is 2. The lowest BCUT2D eigenvalue weighted by Crippen LogP contribution is -2.42. The number of carbonyl (C=O) groups is 4. The van der Waals surface area contributed by atoms with E-state index in [0.717, 1.165) is 5.56 Å². The van der Waals surface area contributed by atoms with Crippen molar-refractivity contribution in [3.63, 3.8) is 0 Å². The summed E-state index contributed by atoms with van der Waals surface area (Å²) in [7, 11) is 0. The maximum absolute atomic E-state index is 12.8. The maximum atomic E-state index is 12.8. The van der Waals surface area contributed by atoms with Crippen LogP contribution in [0.15, 0.2) is 30.3 Å². The van der Waals surface area contributed by atoms with Crippen LogP contribution in [-0.2, 0) is 35.1 Å². The molecule has 182 valence electrons. The van der Waals surface area contributed by atoms with Crippen LogP contribution in [0.1, 0.15) is 51.5 Å². The van der Waals surface area contributed by atoms with Crippen LogP contribution < -0.4 is 0 Å². The highest BCUT2D eigenvalue weighted by atomic mass is 16.5. The highest BCUT2D eigenvalue weighted by molar-refractivity contribution is 5.82. The van der Waals surface area contributed by atoms with E-state index < -0.39 is 5.97 Å². The van der Waals surface area contributed by atoms with Gasteiger partial charge in [0.25, 0.3) is 0 Å². The second kappa shape index (κ2) is 14.3. The molecule has 0 aromatic heterocycles. The van der Waals surface area contributed by atoms with E-state index in [1.54, 1.807) is 23.6 Å². The summed E-state index contributed by atoms with van der Waals surface area (Å²) >= 11 is 0. The van der Waals surface area contributed by atoms with Gasteiger partial charge in [-0.05, 0) is 38.7 Å². The van der Waals surface area contributed by atoms with Gasteiger partial charge in [0.1, 0.15) is 0 Å². The molecule has 0 N–H and O–H groups in total. The monoisotopic (exact) mass is 460 g/mol. The molecule has 1 fully saturated rings. The highest BCUT2D eigenvalue weighted by Gasteiger charge is 2.28. The van der Waals surface area contributed by atoms with E-state index in [0.29, 0.717) is 52.0 Å². The van der Waals surface area contributed by atoms with Crippen molar-refractivity contribution in [2.24, 2.45) is 5.92 Å². The molecule has 1 aliphatic rings. The Morgan fingerprint density at radius 2 is 1.58 bits per heavy atom. The minimum atomic E-state index is -0.394. The summed E-state index contributed by atoms with van der Waals surface area (Å²) in [5.74, 6) is -0.924. The minimum absolute atomic E-state index is 0.0276. The SMILES string of the molecule is CCOC(=O)CCC(=O)N(CCC(=O)N1CCC(C(=O)OCC)CC1)CCc1ccccc1. The number of carbonyl (C=O) groups excluding carboxylic acids is 4. The molecule has 0 saturated carbocycles. The number of piperidine rings is 1. The molecule has 33 heavy (non-hydrogen) atoms. The summed E-state index contributed by atoms with van der Waals surface area (Å²) in [6.45, 7) is 5.97. The second-order valence-electron chi connectivity index (χ2n) is 8.08. The van der Waals surface area contributed by atoms with Gasteiger partial charge in [0.2, 0.25) is 11.8 Å². The molecule has 2 amide bonds. The van der Waals surface area contributed by atoms with E-state index in [4.69, 9.17) is 9.47 Å². The van der Waals surface area contributed by atoms with Gasteiger partial charge in [-0.15, -0.1) is 0 Å². The summed E-state index contributed by atoms with van der Waals surface area (Å²) in [6, 6.07) is 9.84. The smallest absolute Gasteiger partial charge is 0.309 e. The number of nitrogens with zero attached hydrogens (tertiary/aromatic N) is 2. The third-order valence-electron chi connectivity index (χ3n) is 5.78. The molecule has 1 heterocycles. The Hall–Kier alpha value is -2.90. The van der Waals surface area contributed by atoms with Gasteiger partial charge in [0, 0.05) is 39.0 Å². The fourth-order valence-corrected chi connectivity index (χ4v) is 3.88. The molecule has 0 atom stereocenters. The van der Waals surface area contributed by atoms with Crippen molar-refractivity contribution < 1.29 is 28.7 Å². The average Bonchev–Trinajstić information content (AvgIpc) is 2.83. The number of likely N-dealkylation sites (tertiary alicyclic amines) is 1. The average molecular weight is 461 g/mol. The van der Waals surface area contributed by atoms with Crippen molar-refractivity contribution in [1.29, 1.82) is 0 Å². The van der Waals surface area contributed by atoms with Crippen molar-refractivity contribution >= 4 is 23.8 Å². The Labute approximate surface area is 196 Å². The van der Waals surface area contributed by atoms with E-state index in [9.17, 15) is 19.2 Å². The van der Waals surface area contributed by atoms with E-state index >= 15 is 0 Å². The zero-order chi connectivity index (χ0) is 24.1. The molecule has 0 unspecified atom stereocenters. The van der Waals surface area contributed by atoms with Gasteiger partial charge in [0.15, 0.2) is 0 Å². The summed E-state index contributed by atoms with van der Waals surface area (Å²) in [5, 5.41) is 0. The standard InChI is InChI=1S/C25H36N2O6/c1-3-32-24(30)11-10-22(28)26(16-12-20-8-6-5-7-9-20)19-15-23(29)27-17-13-21(14-18-27)25(31)33-4-2/h5-9,21H,3-4,10-19H2,1-2H3. The molecule has 0 radical (unpaired) electrons. The molecule has 1 aromatic rings. The first-order valence-corrected chi connectivity index (χ1v) is 11.9. The molecular formula is C25H36N2O6. The van der Waals surface area contributed by atoms with Crippen molar-refractivity contribution in [1.82, 2.24) is 9.80 Å². The van der Waals surface area contributed by atoms with Crippen LogP contribution in [0.3, 0.4) is 0 Å². The van der Waals surface area contributed by atoms with Gasteiger partial charge >= 0.3 is 11.9 Å². The molecule has 1 aromatic carbocycles. The maximum Gasteiger partial charge on any atom is 0.309 e. The largest absolute Gasteiger partial charge is 0.466 e. The third kappa shape index (κ3) is 9.24. The lowest BCUT2D eigenvalue weighted by molar-refractivity contribution is -0.151. The topological polar surface area (TPSA) is 93.2 Å². The Bertz CT molecular complexity index is 774. The van der Waals surface area contributed by atoms with E-state index in [-0.39, 0.29) is 49.6 Å². The molecule has 2 rings (SSSR count). The van der Waals surface area contributed by atoms with Crippen molar-refractivity contribution in [3.8, 4) is 0 Å². The Kier molecular flexibility index (Phi) is 11.4. The number of ether oxygens (including phenoxy) is 2. The minimum Gasteiger partial charge on any atom is -0.466 e. The number of rotatable bonds is 12. The van der Waals surface area contributed by atoms with Gasteiger partial charge in [-0.25, -0.2) is 0 Å². The van der Waals surface area contributed by atoms with Crippen LogP contribution in [0, 0.1) is 5.92 Å². The predicted octanol–water partition coefficient (Wildman–Crippen LogP) is 2.59. The van der Waals surface area contributed by atoms with Crippen LogP contribution in [-0.4, -0.2) is 72.9 Å². The fraction of sp³-hybridized carbons (Fsp3) is 0.600. The Morgan fingerprint density at radius 3 is 2.21 bits per heavy atom. The number of benzene rings is 1. The van der Waals surface area contributed by atoms with Gasteiger partial charge in [-0.3, -0.25) is 19.2 Å². The normalized spacial score (nSPS) is 13.9. The fourth-order valence-electron chi connectivity index (χ4n) is 3.88. The van der Waals surface area contributed by atoms with Crippen LogP contribution in [0.5, 0.6) is 0 Å². The second-order valence-corrected chi connectivity index (χ2v) is 8.08. The van der Waals surface area contributed by atoms with Crippen LogP contribution in [0.25, 0.3) is 0 Å². The van der Waals surface area contributed by atoms with Crippen LogP contribution in [0.4, 0.5) is 0 Å². The first kappa shape index (κ1) is 26.4. The van der Waals surface area contributed by atoms with Gasteiger partial charge < -0.3 is 19.3 Å². The lowest BCUT2D eigenvalue weighted by atomic mass is 9.97. The highest BCUT2D eigenvalue weighted by Crippen LogP contribution is 2.19. The quantitative estimate of drug-likeness (QED) is 0.445. The summed E-state index contributed by atoms with van der Waals surface area (Å²) in [4.78, 5) is 52.5. The van der Waals surface area contributed by atoms with E-state index in [1.807, 2.05) is 30.3 Å². The van der Waals surface area contributed by atoms with Crippen molar-refractivity contribution in [3.05, 3.63) is 35.9 Å². The summed E-state index contributed by atoms with van der Waals surface area (Å²) in [6.07, 6.45) is 2.17. The summed E-state index contributed by atoms with van der Waals surface area (Å²) < 4.78 is 10.00. The molecule has 0 bridgehead atoms. The first-order chi connectivity index (χ1) is 15.9. The Balaban J connectivity index is 1.87. The number of hydrogen-bond donors (Lipinski definition) is 0. The lowest BCUT2D eigenvalue weighted by Gasteiger charge is -2.31. The van der Waals surface area contributed by atoms with E-state index in [2.05, 4.69) is 0 Å². The van der Waals surface area contributed by atoms with Crippen LogP contribution >= 0.6 is 0 Å². The third-order valence-corrected chi connectivity index (χ3v) is 5.78. The number of hydrogen-bond acceptors (Lipinski definition) is 6. The summed E-state index contributed by atoms with van der Waals surface area (Å²) in [5.41, 5.74) is 1.10. The van der Waals surface area contributed by atoms with E-state index in [1.165, 1.54) is 0 Å². The van der Waals surface area contributed by atoms with Gasteiger partial charge in [-0.2, -0.15) is 0 Å². The molecule has 0 aliphatic carbocycles. The zero-order valence-electron chi connectivity index (χ0n) is 19.8. The molecule has 8 heteroatoms. The van der Waals surface area contributed by atoms with Crippen molar-refractivity contribution in [2.45, 2.75) is 52.4 Å². The zero-order valence-corrected chi connectivity index (χ0v) is 19.8. The number of esters is 2. The van der Waals surface area contributed by atoms with Crippen LogP contribution in [0.2, 0.25) is 0 Å². The van der Waals surface area contributed by atoms with Crippen molar-refractivity contribution in [2.75, 3.05) is 39.4 Å². The molecule has 8 nitrogen and oxygen atoms in total.